The van der Waals surface area contributed by atoms with Crippen molar-refractivity contribution in [2.75, 3.05) is 38.9 Å². The van der Waals surface area contributed by atoms with Crippen molar-refractivity contribution in [3.8, 4) is 0 Å². The highest BCUT2D eigenvalue weighted by molar-refractivity contribution is 7.99. The molecule has 6 aromatic heterocycles. The van der Waals surface area contributed by atoms with E-state index >= 15 is 0 Å². The molecule has 0 fully saturated rings. The Morgan fingerprint density at radius 1 is 0.459 bits per heavy atom. The Hall–Kier alpha value is -12.1. The van der Waals surface area contributed by atoms with Crippen molar-refractivity contribution in [1.82, 2.24) is 65.4 Å². The molecule has 27 nitrogen and oxygen atoms in total. The lowest BCUT2D eigenvalue weighted by Gasteiger charge is -2.15. The van der Waals surface area contributed by atoms with Gasteiger partial charge in [0.15, 0.2) is 16.9 Å². The number of alkyl halides is 6. The number of nitro benzene ring substituents is 1. The molecule has 1 aliphatic rings. The van der Waals surface area contributed by atoms with Crippen LogP contribution in [0.3, 0.4) is 0 Å². The number of H-pyrrole nitrogens is 3. The predicted molar refractivity (Wildman–Crippen MR) is 353 cm³/mol. The number of rotatable bonds is 16. The van der Waals surface area contributed by atoms with Crippen molar-refractivity contribution in [3.05, 3.63) is 220 Å². The number of thioether (sulfide) groups is 3. The van der Waals surface area contributed by atoms with E-state index in [1.165, 1.54) is 86.0 Å². The van der Waals surface area contributed by atoms with Gasteiger partial charge in [-0.25, -0.2) is 44.3 Å². The fraction of sp³-hybridized carbons (Fsp3) is 0.0968. The number of hydrogen-bond donors (Lipinski definition) is 9. The molecule has 6 aromatic carbocycles. The zero-order valence-corrected chi connectivity index (χ0v) is 52.5. The van der Waals surface area contributed by atoms with Crippen molar-refractivity contribution in [2.45, 2.75) is 44.7 Å². The Labute approximate surface area is 559 Å². The van der Waals surface area contributed by atoms with E-state index in [9.17, 15) is 60.4 Å². The van der Waals surface area contributed by atoms with Gasteiger partial charge in [-0.05, 0) is 95.6 Å². The normalized spacial score (nSPS) is 11.9. The molecule has 0 spiro atoms. The number of urea groups is 3. The van der Waals surface area contributed by atoms with Gasteiger partial charge in [0.25, 0.3) is 17.5 Å². The van der Waals surface area contributed by atoms with Crippen molar-refractivity contribution in [3.63, 3.8) is 0 Å². The van der Waals surface area contributed by atoms with E-state index in [0.29, 0.717) is 85.4 Å². The van der Waals surface area contributed by atoms with Crippen LogP contribution in [0.25, 0.3) is 33.1 Å². The third-order valence-corrected chi connectivity index (χ3v) is 17.1. The summed E-state index contributed by atoms with van der Waals surface area (Å²) in [5.74, 6) is 0.996. The highest BCUT2D eigenvalue weighted by Gasteiger charge is 2.37. The van der Waals surface area contributed by atoms with Gasteiger partial charge in [-0.15, -0.1) is 35.3 Å². The van der Waals surface area contributed by atoms with Gasteiger partial charge in [0.1, 0.15) is 34.1 Å². The lowest BCUT2D eigenvalue weighted by molar-refractivity contribution is -0.384. The number of aromatic nitrogens is 12. The number of aromatic amines is 3. The van der Waals surface area contributed by atoms with Crippen LogP contribution in [0.1, 0.15) is 48.5 Å². The predicted octanol–water partition coefficient (Wildman–Crippen LogP) is 14.0. The molecule has 98 heavy (non-hydrogen) atoms. The Balaban J connectivity index is 0.000000149. The van der Waals surface area contributed by atoms with Crippen LogP contribution in [0.4, 0.5) is 80.5 Å². The molecule has 7 heterocycles. The van der Waals surface area contributed by atoms with Crippen molar-refractivity contribution < 1.29 is 55.2 Å². The molecule has 9 N–H and O–H groups in total. The number of carbonyl (C=O) groups is 5. The minimum absolute atomic E-state index is 0.0147. The average Bonchev–Trinajstić information content (AvgIpc) is 1.64. The number of nitrogens with zero attached hydrogens (tertiary/aromatic N) is 11. The summed E-state index contributed by atoms with van der Waals surface area (Å²) in [6.07, 6.45) is -0.697. The molecule has 0 saturated carbocycles. The summed E-state index contributed by atoms with van der Waals surface area (Å²) in [5, 5.41) is 51.1. The van der Waals surface area contributed by atoms with Gasteiger partial charge >= 0.3 is 30.4 Å². The summed E-state index contributed by atoms with van der Waals surface area (Å²) in [6, 6.07) is 30.7. The van der Waals surface area contributed by atoms with E-state index in [0.717, 1.165) is 47.8 Å². The smallest absolute Gasteiger partial charge is 0.308 e. The molecule has 0 radical (unpaired) electrons. The number of carbonyl (C=O) groups excluding carboxylic acids is 5. The first-order valence-corrected chi connectivity index (χ1v) is 31.3. The Kier molecular flexibility index (Phi) is 20.4. The van der Waals surface area contributed by atoms with E-state index < -0.39 is 52.2 Å². The first kappa shape index (κ1) is 67.4. The van der Waals surface area contributed by atoms with Crippen LogP contribution < -0.4 is 31.9 Å². The molecule has 0 bridgehead atoms. The number of amides is 8. The number of fused-ring (bicyclic) bond motifs is 4. The van der Waals surface area contributed by atoms with E-state index in [2.05, 4.69) is 87.1 Å². The lowest BCUT2D eigenvalue weighted by atomic mass is 10.1. The van der Waals surface area contributed by atoms with Gasteiger partial charge in [0.05, 0.1) is 61.9 Å². The first-order valence-electron chi connectivity index (χ1n) is 28.4. The second kappa shape index (κ2) is 29.7. The highest BCUT2D eigenvalue weighted by Crippen LogP contribution is 2.38. The number of imide groups is 1. The molecule has 0 atom stereocenters. The Morgan fingerprint density at radius 2 is 0.816 bits per heavy atom. The van der Waals surface area contributed by atoms with Gasteiger partial charge in [-0.3, -0.25) is 39.9 Å². The SMILES string of the molecule is CN1C(=O)c2ccc(NC(=O)Nc3cccc(CSc4ncnc5[nH]ncc45)c3)cc2C1=O.O=C(Nc1cccc(CSc2ncnc3[nH]ncc23)c1)Nc1cc(C(F)(F)F)cc(C(F)(F)F)c1.O=C(Nc1cccc(CSc2ncnc3[nH]ncc23)c1)Nc1cccc([N+](=O)[O-])c1. The van der Waals surface area contributed by atoms with Crippen molar-refractivity contribution in [1.29, 1.82) is 0 Å². The number of non-ortho nitro benzene ring substituents is 1. The minimum atomic E-state index is -5.02. The van der Waals surface area contributed by atoms with E-state index in [-0.39, 0.29) is 29.1 Å². The average molecular weight is 1390 g/mol. The van der Waals surface area contributed by atoms with Crippen LogP contribution in [0.5, 0.6) is 0 Å². The van der Waals surface area contributed by atoms with Gasteiger partial charge in [-0.1, -0.05) is 42.5 Å². The molecule has 496 valence electrons. The summed E-state index contributed by atoms with van der Waals surface area (Å²) < 4.78 is 78.1. The van der Waals surface area contributed by atoms with Crippen LogP contribution in [0.15, 0.2) is 186 Å². The molecule has 12 aromatic rings. The fourth-order valence-electron chi connectivity index (χ4n) is 9.29. The molecule has 8 amide bonds. The first-order chi connectivity index (χ1) is 47.1. The fourth-order valence-corrected chi connectivity index (χ4v) is 12.0. The molecular weight excluding hydrogens is 1350 g/mol. The molecule has 13 rings (SSSR count). The van der Waals surface area contributed by atoms with E-state index in [1.54, 1.807) is 72.8 Å². The van der Waals surface area contributed by atoms with Gasteiger partial charge in [-0.2, -0.15) is 41.6 Å². The zero-order valence-electron chi connectivity index (χ0n) is 50.1. The third kappa shape index (κ3) is 17.1. The van der Waals surface area contributed by atoms with Gasteiger partial charge in [0.2, 0.25) is 0 Å². The maximum atomic E-state index is 13.0. The summed E-state index contributed by atoms with van der Waals surface area (Å²) in [5.41, 5.74) is 3.78. The third-order valence-electron chi connectivity index (χ3n) is 13.8. The summed E-state index contributed by atoms with van der Waals surface area (Å²) in [6.45, 7) is 0. The van der Waals surface area contributed by atoms with Crippen LogP contribution in [0, 0.1) is 10.1 Å². The largest absolute Gasteiger partial charge is 0.416 e. The van der Waals surface area contributed by atoms with Crippen LogP contribution in [0.2, 0.25) is 0 Å². The second-order valence-corrected chi connectivity index (χ2v) is 23.6. The van der Waals surface area contributed by atoms with E-state index in [1.807, 2.05) is 41.7 Å². The van der Waals surface area contributed by atoms with Gasteiger partial charge in [0, 0.05) is 70.6 Å². The number of nitrogens with one attached hydrogen (secondary N) is 9. The molecule has 0 saturated heterocycles. The highest BCUT2D eigenvalue weighted by atomic mass is 32.2. The number of hydrogen-bond acceptors (Lipinski definition) is 19. The maximum absolute atomic E-state index is 13.0. The number of anilines is 6. The molecule has 1 aliphatic heterocycles. The monoisotopic (exact) mass is 1390 g/mol. The molecule has 0 unspecified atom stereocenters. The van der Waals surface area contributed by atoms with Crippen LogP contribution in [-0.4, -0.2) is 107 Å². The number of benzene rings is 6. The van der Waals surface area contributed by atoms with Crippen LogP contribution >= 0.6 is 35.3 Å². The van der Waals surface area contributed by atoms with Crippen molar-refractivity contribution >= 4 is 138 Å². The Morgan fingerprint density at radius 3 is 1.20 bits per heavy atom. The lowest BCUT2D eigenvalue weighted by Crippen LogP contribution is -2.24. The molecule has 0 aliphatic carbocycles. The topological polar surface area (TPSA) is 367 Å². The maximum Gasteiger partial charge on any atom is 0.416 e. The molecule has 36 heteroatoms. The number of nitro groups is 1. The Bertz CT molecular complexity index is 4970. The number of halogens is 6. The van der Waals surface area contributed by atoms with E-state index in [4.69, 9.17) is 0 Å². The quantitative estimate of drug-likeness (QED) is 0.0108. The zero-order chi connectivity index (χ0) is 69.1. The van der Waals surface area contributed by atoms with Gasteiger partial charge < -0.3 is 31.9 Å². The minimum Gasteiger partial charge on any atom is -0.308 e. The van der Waals surface area contributed by atoms with Crippen molar-refractivity contribution in [2.24, 2.45) is 0 Å². The second-order valence-electron chi connectivity index (χ2n) is 20.7. The molecular formula is C62H46F6N20O7S3. The van der Waals surface area contributed by atoms with Crippen LogP contribution in [-0.2, 0) is 29.6 Å². The summed E-state index contributed by atoms with van der Waals surface area (Å²) in [7, 11) is 1.43. The summed E-state index contributed by atoms with van der Waals surface area (Å²) >= 11 is 4.48. The standard InChI is InChI=1S/C22H17N7O3S.C21H14F6N6OS.C19H15N7O3S/c1-29-20(30)15-6-5-14(8-16(15)21(29)31)27-22(32)26-13-4-2-3-12(7-13)10-33-19-17-9-25-28-18(17)23-11-24-19;22-20(23,24)12-5-13(21(25,26)27)7-15(6-12)32-19(34)31-14-3-1-2-11(4-14)9-35-18-16-8-30-33-17(16)28-10-29-18;27-19(24-14-5-2-6-15(8-14)26(28)29)23-13-4-1-3-12(7-13)10-30-18-16-9-22-25-17(16)20-11-21-18/h2-9,11H,10H2,1H3,(H2,26,27,32)(H,23,24,25,28);1-8,10H,9H2,(H2,31,32,34)(H,28,29,30,33);1-9,11H,10H2,(H2,23,24,27)(H,20,21,22,25). The summed E-state index contributed by atoms with van der Waals surface area (Å²) in [4.78, 5) is 97.7.